The van der Waals surface area contributed by atoms with E-state index in [1.165, 1.54) is 0 Å². The maximum atomic E-state index is 6.18. The molecule has 0 aliphatic rings. The predicted molar refractivity (Wildman–Crippen MR) is 80.1 cm³/mol. The molecule has 0 radical (unpaired) electrons. The molecule has 0 amide bonds. The summed E-state index contributed by atoms with van der Waals surface area (Å²) in [5, 5.41) is 3.95. The summed E-state index contributed by atoms with van der Waals surface area (Å²) >= 11 is 6.18. The standard InChI is InChI=1S/C14H24ClN3O/c1-6-7-11(8-19-5)16-14-10(4)12(15)17-13(18-14)9(2)3/h9,11H,6-8H2,1-5H3,(H,16,17,18). The molecule has 1 aromatic heterocycles. The average molecular weight is 286 g/mol. The van der Waals surface area contributed by atoms with Gasteiger partial charge in [0.15, 0.2) is 0 Å². The van der Waals surface area contributed by atoms with E-state index in [1.54, 1.807) is 7.11 Å². The molecule has 1 rings (SSSR count). The van der Waals surface area contributed by atoms with Crippen LogP contribution in [0.4, 0.5) is 5.82 Å². The van der Waals surface area contributed by atoms with E-state index >= 15 is 0 Å². The first kappa shape index (κ1) is 16.2. The lowest BCUT2D eigenvalue weighted by molar-refractivity contribution is 0.182. The molecule has 0 saturated carbocycles. The first-order valence-corrected chi connectivity index (χ1v) is 7.16. The molecule has 1 atom stereocenters. The largest absolute Gasteiger partial charge is 0.383 e. The summed E-state index contributed by atoms with van der Waals surface area (Å²) in [4.78, 5) is 8.89. The molecule has 108 valence electrons. The Morgan fingerprint density at radius 1 is 1.32 bits per heavy atom. The van der Waals surface area contributed by atoms with Gasteiger partial charge < -0.3 is 10.1 Å². The Bertz CT molecular complexity index is 404. The normalized spacial score (nSPS) is 12.8. The first-order valence-electron chi connectivity index (χ1n) is 6.79. The molecular formula is C14H24ClN3O. The lowest BCUT2D eigenvalue weighted by Crippen LogP contribution is -2.26. The lowest BCUT2D eigenvalue weighted by Gasteiger charge is -2.20. The maximum Gasteiger partial charge on any atom is 0.137 e. The van der Waals surface area contributed by atoms with Crippen molar-refractivity contribution in [2.24, 2.45) is 0 Å². The highest BCUT2D eigenvalue weighted by Gasteiger charge is 2.15. The smallest absolute Gasteiger partial charge is 0.137 e. The zero-order valence-electron chi connectivity index (χ0n) is 12.5. The molecule has 0 saturated heterocycles. The lowest BCUT2D eigenvalue weighted by atomic mass is 10.1. The predicted octanol–water partition coefficient (Wildman–Crippen LogP) is 3.79. The fourth-order valence-electron chi connectivity index (χ4n) is 1.84. The molecular weight excluding hydrogens is 262 g/mol. The number of hydrogen-bond acceptors (Lipinski definition) is 4. The Kier molecular flexibility index (Phi) is 6.52. The zero-order valence-corrected chi connectivity index (χ0v) is 13.2. The van der Waals surface area contributed by atoms with Crippen LogP contribution in [0, 0.1) is 6.92 Å². The van der Waals surface area contributed by atoms with Crippen LogP contribution in [0.5, 0.6) is 0 Å². The fraction of sp³-hybridized carbons (Fsp3) is 0.714. The number of nitrogens with one attached hydrogen (secondary N) is 1. The quantitative estimate of drug-likeness (QED) is 0.774. The number of ether oxygens (including phenoxy) is 1. The van der Waals surface area contributed by atoms with Crippen LogP contribution < -0.4 is 5.32 Å². The van der Waals surface area contributed by atoms with E-state index in [0.29, 0.717) is 11.8 Å². The Hall–Kier alpha value is -0.870. The van der Waals surface area contributed by atoms with Crippen molar-refractivity contribution in [2.45, 2.75) is 52.5 Å². The van der Waals surface area contributed by atoms with Gasteiger partial charge in [-0.2, -0.15) is 0 Å². The molecule has 1 heterocycles. The molecule has 4 nitrogen and oxygen atoms in total. The maximum absolute atomic E-state index is 6.18. The molecule has 0 spiro atoms. The van der Waals surface area contributed by atoms with Gasteiger partial charge in [0.05, 0.1) is 12.6 Å². The first-order chi connectivity index (χ1) is 8.99. The number of halogens is 1. The summed E-state index contributed by atoms with van der Waals surface area (Å²) in [6.07, 6.45) is 2.13. The van der Waals surface area contributed by atoms with Crippen LogP contribution in [-0.2, 0) is 4.74 Å². The van der Waals surface area contributed by atoms with Crippen molar-refractivity contribution in [1.29, 1.82) is 0 Å². The average Bonchev–Trinajstić information content (AvgIpc) is 2.35. The van der Waals surface area contributed by atoms with Crippen LogP contribution in [0.1, 0.15) is 50.9 Å². The highest BCUT2D eigenvalue weighted by atomic mass is 35.5. The molecule has 5 heteroatoms. The second kappa shape index (κ2) is 7.65. The van der Waals surface area contributed by atoms with E-state index in [0.717, 1.165) is 30.0 Å². The third kappa shape index (κ3) is 4.62. The van der Waals surface area contributed by atoms with Gasteiger partial charge in [0, 0.05) is 18.6 Å². The van der Waals surface area contributed by atoms with Crippen molar-refractivity contribution in [2.75, 3.05) is 19.0 Å². The second-order valence-electron chi connectivity index (χ2n) is 5.09. The monoisotopic (exact) mass is 285 g/mol. The van der Waals surface area contributed by atoms with Gasteiger partial charge in [0.25, 0.3) is 0 Å². The number of anilines is 1. The van der Waals surface area contributed by atoms with Gasteiger partial charge in [-0.25, -0.2) is 9.97 Å². The van der Waals surface area contributed by atoms with Crippen molar-refractivity contribution in [3.8, 4) is 0 Å². The molecule has 1 unspecified atom stereocenters. The zero-order chi connectivity index (χ0) is 14.4. The van der Waals surface area contributed by atoms with E-state index in [2.05, 4.69) is 36.1 Å². The molecule has 0 bridgehead atoms. The SMILES string of the molecule is CCCC(COC)Nc1nc(C(C)C)nc(Cl)c1C. The highest BCUT2D eigenvalue weighted by Crippen LogP contribution is 2.23. The van der Waals surface area contributed by atoms with Crippen LogP contribution in [0.2, 0.25) is 5.15 Å². The molecule has 19 heavy (non-hydrogen) atoms. The van der Waals surface area contributed by atoms with Crippen molar-refractivity contribution in [1.82, 2.24) is 9.97 Å². The van der Waals surface area contributed by atoms with Gasteiger partial charge in [-0.05, 0) is 13.3 Å². The third-order valence-corrected chi connectivity index (χ3v) is 3.33. The Morgan fingerprint density at radius 2 is 2.00 bits per heavy atom. The molecule has 0 aliphatic carbocycles. The van der Waals surface area contributed by atoms with Crippen LogP contribution >= 0.6 is 11.6 Å². The molecule has 0 fully saturated rings. The van der Waals surface area contributed by atoms with Gasteiger partial charge in [-0.1, -0.05) is 38.8 Å². The second-order valence-corrected chi connectivity index (χ2v) is 5.44. The topological polar surface area (TPSA) is 47.0 Å². The molecule has 0 aromatic carbocycles. The van der Waals surface area contributed by atoms with E-state index in [1.807, 2.05) is 6.92 Å². The summed E-state index contributed by atoms with van der Waals surface area (Å²) in [7, 11) is 1.71. The minimum Gasteiger partial charge on any atom is -0.383 e. The number of nitrogens with zero attached hydrogens (tertiary/aromatic N) is 2. The summed E-state index contributed by atoms with van der Waals surface area (Å²) in [6.45, 7) is 8.87. The van der Waals surface area contributed by atoms with Crippen molar-refractivity contribution >= 4 is 17.4 Å². The molecule has 1 N–H and O–H groups in total. The van der Waals surface area contributed by atoms with Crippen LogP contribution in [0.25, 0.3) is 0 Å². The molecule has 0 aliphatic heterocycles. The van der Waals surface area contributed by atoms with Crippen LogP contribution in [0.3, 0.4) is 0 Å². The number of rotatable bonds is 7. The Labute approximate surface area is 120 Å². The van der Waals surface area contributed by atoms with Gasteiger partial charge in [0.1, 0.15) is 16.8 Å². The van der Waals surface area contributed by atoms with Crippen molar-refractivity contribution in [3.63, 3.8) is 0 Å². The van der Waals surface area contributed by atoms with E-state index in [4.69, 9.17) is 16.3 Å². The number of methoxy groups -OCH3 is 1. The van der Waals surface area contributed by atoms with Crippen molar-refractivity contribution in [3.05, 3.63) is 16.5 Å². The minimum absolute atomic E-state index is 0.250. The van der Waals surface area contributed by atoms with E-state index in [-0.39, 0.29) is 12.0 Å². The van der Waals surface area contributed by atoms with Gasteiger partial charge in [-0.3, -0.25) is 0 Å². The highest BCUT2D eigenvalue weighted by molar-refractivity contribution is 6.30. The Balaban J connectivity index is 2.97. The summed E-state index contributed by atoms with van der Waals surface area (Å²) in [5.74, 6) is 1.84. The van der Waals surface area contributed by atoms with Gasteiger partial charge in [0.2, 0.25) is 0 Å². The minimum atomic E-state index is 0.250. The fourth-order valence-corrected chi connectivity index (χ4v) is 2.02. The van der Waals surface area contributed by atoms with E-state index < -0.39 is 0 Å². The molecule has 1 aromatic rings. The Morgan fingerprint density at radius 3 is 2.53 bits per heavy atom. The summed E-state index contributed by atoms with van der Waals surface area (Å²) < 4.78 is 5.24. The number of hydrogen-bond donors (Lipinski definition) is 1. The van der Waals surface area contributed by atoms with Crippen molar-refractivity contribution < 1.29 is 4.74 Å². The van der Waals surface area contributed by atoms with E-state index in [9.17, 15) is 0 Å². The van der Waals surface area contributed by atoms with Gasteiger partial charge in [-0.15, -0.1) is 0 Å². The van der Waals surface area contributed by atoms with Gasteiger partial charge >= 0.3 is 0 Å². The summed E-state index contributed by atoms with van der Waals surface area (Å²) in [6, 6.07) is 0.250. The summed E-state index contributed by atoms with van der Waals surface area (Å²) in [5.41, 5.74) is 0.892. The van der Waals surface area contributed by atoms with Crippen LogP contribution in [-0.4, -0.2) is 29.7 Å². The van der Waals surface area contributed by atoms with Crippen LogP contribution in [0.15, 0.2) is 0 Å². The third-order valence-electron chi connectivity index (χ3n) is 2.97. The number of aromatic nitrogens is 2.